The van der Waals surface area contributed by atoms with Gasteiger partial charge in [0.2, 0.25) is 5.91 Å². The lowest BCUT2D eigenvalue weighted by Gasteiger charge is -2.32. The minimum atomic E-state index is -1.01. The summed E-state index contributed by atoms with van der Waals surface area (Å²) in [6, 6.07) is 7.28. The summed E-state index contributed by atoms with van der Waals surface area (Å²) in [6.45, 7) is 11.2. The molecule has 0 spiro atoms. The van der Waals surface area contributed by atoms with Crippen molar-refractivity contribution in [3.05, 3.63) is 35.9 Å². The Morgan fingerprint density at radius 1 is 1.00 bits per heavy atom. The van der Waals surface area contributed by atoms with Crippen molar-refractivity contribution in [2.24, 2.45) is 5.92 Å². The van der Waals surface area contributed by atoms with Gasteiger partial charge in [-0.15, -0.1) is 0 Å². The van der Waals surface area contributed by atoms with Gasteiger partial charge in [0.15, 0.2) is 0 Å². The molecule has 2 atom stereocenters. The van der Waals surface area contributed by atoms with E-state index in [2.05, 4.69) is 10.6 Å². The first kappa shape index (κ1) is 26.7. The molecule has 1 fully saturated rings. The number of amides is 2. The lowest BCUT2D eigenvalue weighted by Crippen LogP contribution is -2.54. The van der Waals surface area contributed by atoms with Crippen LogP contribution >= 0.6 is 0 Å². The van der Waals surface area contributed by atoms with Crippen LogP contribution in [0.15, 0.2) is 30.3 Å². The van der Waals surface area contributed by atoms with Gasteiger partial charge in [0, 0.05) is 6.32 Å². The number of rotatable bonds is 9. The Kier molecular flexibility index (Phi) is 8.91. The van der Waals surface area contributed by atoms with Gasteiger partial charge in [0.25, 0.3) is 0 Å². The maximum absolute atomic E-state index is 13.0. The molecule has 2 amide bonds. The van der Waals surface area contributed by atoms with Crippen LogP contribution in [0.2, 0.25) is 6.32 Å². The number of methoxy groups -OCH3 is 1. The molecule has 9 nitrogen and oxygen atoms in total. The van der Waals surface area contributed by atoms with E-state index in [0.29, 0.717) is 0 Å². The van der Waals surface area contributed by atoms with Crippen LogP contribution in [0, 0.1) is 5.92 Å². The average Bonchev–Trinajstić information content (AvgIpc) is 2.95. The number of esters is 1. The van der Waals surface area contributed by atoms with Crippen molar-refractivity contribution in [1.82, 2.24) is 10.6 Å². The van der Waals surface area contributed by atoms with Gasteiger partial charge in [-0.25, -0.2) is 9.59 Å². The van der Waals surface area contributed by atoms with Crippen LogP contribution in [-0.2, 0) is 35.0 Å². The van der Waals surface area contributed by atoms with Crippen LogP contribution in [0.1, 0.15) is 47.1 Å². The fourth-order valence-corrected chi connectivity index (χ4v) is 3.30. The van der Waals surface area contributed by atoms with E-state index in [1.54, 1.807) is 13.8 Å². The van der Waals surface area contributed by atoms with Crippen molar-refractivity contribution in [1.29, 1.82) is 0 Å². The van der Waals surface area contributed by atoms with Crippen molar-refractivity contribution in [2.45, 2.75) is 77.8 Å². The number of hydrogen-bond donors (Lipinski definition) is 2. The molecule has 0 saturated carbocycles. The molecule has 1 unspecified atom stereocenters. The van der Waals surface area contributed by atoms with E-state index < -0.39 is 48.4 Å². The van der Waals surface area contributed by atoms with Gasteiger partial charge in [0.1, 0.15) is 18.7 Å². The Labute approximate surface area is 196 Å². The molecule has 1 aromatic rings. The second-order valence-electron chi connectivity index (χ2n) is 9.43. The fourth-order valence-electron chi connectivity index (χ4n) is 3.30. The molecule has 33 heavy (non-hydrogen) atoms. The fraction of sp³-hybridized carbons (Fsp3) is 0.609. The van der Waals surface area contributed by atoms with Crippen molar-refractivity contribution in [3.8, 4) is 0 Å². The Bertz CT molecular complexity index is 813. The maximum Gasteiger partial charge on any atom is 0.460 e. The number of alkyl carbamates (subject to hydrolysis) is 1. The van der Waals surface area contributed by atoms with E-state index in [1.165, 1.54) is 7.11 Å². The van der Waals surface area contributed by atoms with E-state index in [4.69, 9.17) is 18.8 Å². The first-order valence-electron chi connectivity index (χ1n) is 11.1. The normalized spacial score (nSPS) is 18.4. The van der Waals surface area contributed by atoms with Crippen LogP contribution in [0.25, 0.3) is 0 Å². The van der Waals surface area contributed by atoms with E-state index in [-0.39, 0.29) is 18.8 Å². The molecule has 1 aliphatic heterocycles. The summed E-state index contributed by atoms with van der Waals surface area (Å²) in [5, 5.41) is 5.25. The first-order valence-corrected chi connectivity index (χ1v) is 11.1. The molecule has 182 valence electrons. The molecule has 0 bridgehead atoms. The van der Waals surface area contributed by atoms with Crippen molar-refractivity contribution < 1.29 is 33.2 Å². The minimum absolute atomic E-state index is 0.0640. The second-order valence-corrected chi connectivity index (χ2v) is 9.43. The van der Waals surface area contributed by atoms with E-state index in [1.807, 2.05) is 58.0 Å². The number of benzene rings is 1. The van der Waals surface area contributed by atoms with Gasteiger partial charge < -0.3 is 29.4 Å². The third-order valence-electron chi connectivity index (χ3n) is 5.97. The highest BCUT2D eigenvalue weighted by Gasteiger charge is 2.52. The van der Waals surface area contributed by atoms with Crippen molar-refractivity contribution >= 4 is 25.1 Å². The van der Waals surface area contributed by atoms with Crippen LogP contribution < -0.4 is 10.6 Å². The van der Waals surface area contributed by atoms with E-state index in [0.717, 1.165) is 5.56 Å². The first-order chi connectivity index (χ1) is 15.4. The number of carbonyl (C=O) groups excluding carboxylic acids is 3. The van der Waals surface area contributed by atoms with Crippen molar-refractivity contribution in [3.63, 3.8) is 0 Å². The SMILES string of the molecule is COC(=O)C(CB1OC(C)(C)C(C)(C)O1)NC(=O)[C@@H](NC(=O)OCc1ccccc1)C(C)C. The molecule has 1 aromatic carbocycles. The third-order valence-corrected chi connectivity index (χ3v) is 5.97. The average molecular weight is 462 g/mol. The lowest BCUT2D eigenvalue weighted by atomic mass is 9.80. The predicted octanol–water partition coefficient (Wildman–Crippen LogP) is 2.69. The summed E-state index contributed by atoms with van der Waals surface area (Å²) in [5.41, 5.74) is -0.328. The van der Waals surface area contributed by atoms with Crippen LogP contribution in [0.4, 0.5) is 4.79 Å². The lowest BCUT2D eigenvalue weighted by molar-refractivity contribution is -0.145. The van der Waals surface area contributed by atoms with Crippen LogP contribution in [-0.4, -0.2) is 55.5 Å². The Morgan fingerprint density at radius 2 is 1.58 bits per heavy atom. The molecule has 1 aliphatic rings. The quantitative estimate of drug-likeness (QED) is 0.429. The molecular formula is C23H35BN2O7. The Balaban J connectivity index is 2.01. The highest BCUT2D eigenvalue weighted by Crippen LogP contribution is 2.38. The number of carbonyl (C=O) groups is 3. The monoisotopic (exact) mass is 462 g/mol. The van der Waals surface area contributed by atoms with Gasteiger partial charge in [0.05, 0.1) is 18.3 Å². The Hall–Kier alpha value is -2.59. The zero-order valence-corrected chi connectivity index (χ0v) is 20.5. The third kappa shape index (κ3) is 7.20. The zero-order chi connectivity index (χ0) is 24.8. The number of nitrogens with one attached hydrogen (secondary N) is 2. The van der Waals surface area contributed by atoms with E-state index in [9.17, 15) is 14.4 Å². The minimum Gasteiger partial charge on any atom is -0.468 e. The van der Waals surface area contributed by atoms with Crippen LogP contribution in [0.5, 0.6) is 0 Å². The molecule has 0 radical (unpaired) electrons. The van der Waals surface area contributed by atoms with Crippen molar-refractivity contribution in [2.75, 3.05) is 7.11 Å². The topological polar surface area (TPSA) is 112 Å². The summed E-state index contributed by atoms with van der Waals surface area (Å²) in [5.74, 6) is -1.43. The summed E-state index contributed by atoms with van der Waals surface area (Å²) >= 11 is 0. The smallest absolute Gasteiger partial charge is 0.460 e. The van der Waals surface area contributed by atoms with E-state index >= 15 is 0 Å². The molecule has 1 heterocycles. The molecule has 0 aliphatic carbocycles. The maximum atomic E-state index is 13.0. The van der Waals surface area contributed by atoms with Gasteiger partial charge in [-0.2, -0.15) is 0 Å². The number of hydrogen-bond acceptors (Lipinski definition) is 7. The summed E-state index contributed by atoms with van der Waals surface area (Å²) < 4.78 is 22.0. The molecule has 10 heteroatoms. The molecule has 0 aromatic heterocycles. The second kappa shape index (κ2) is 11.0. The summed E-state index contributed by atoms with van der Waals surface area (Å²) in [7, 11) is 0.533. The highest BCUT2D eigenvalue weighted by molar-refractivity contribution is 6.46. The largest absolute Gasteiger partial charge is 0.468 e. The summed E-state index contributed by atoms with van der Waals surface area (Å²) in [4.78, 5) is 37.6. The Morgan fingerprint density at radius 3 is 2.09 bits per heavy atom. The number of ether oxygens (including phenoxy) is 2. The predicted molar refractivity (Wildman–Crippen MR) is 123 cm³/mol. The standard InChI is InChI=1S/C23H35BN2O7/c1-15(2)18(26-21(29)31-14-16-11-9-8-10-12-16)19(27)25-17(20(28)30-7)13-24-32-22(3,4)23(5,6)33-24/h8-12,15,17-18H,13-14H2,1-7H3,(H,25,27)(H,26,29)/t17?,18-/m0/s1. The molecule has 2 rings (SSSR count). The van der Waals surface area contributed by atoms with Gasteiger partial charge in [-0.05, 0) is 39.2 Å². The van der Waals surface area contributed by atoms with Gasteiger partial charge in [-0.3, -0.25) is 4.79 Å². The van der Waals surface area contributed by atoms with Crippen LogP contribution in [0.3, 0.4) is 0 Å². The summed E-state index contributed by atoms with van der Waals surface area (Å²) in [6.07, 6.45) is -0.664. The van der Waals surface area contributed by atoms with Gasteiger partial charge in [-0.1, -0.05) is 44.2 Å². The van der Waals surface area contributed by atoms with Gasteiger partial charge >= 0.3 is 19.2 Å². The zero-order valence-electron chi connectivity index (χ0n) is 20.5. The molecule has 1 saturated heterocycles. The molecular weight excluding hydrogens is 427 g/mol. The molecule has 2 N–H and O–H groups in total. The highest BCUT2D eigenvalue weighted by atomic mass is 16.7.